The average Bonchev–Trinajstić information content (AvgIpc) is 0.737. The van der Waals surface area contributed by atoms with Crippen LogP contribution in [-0.4, -0.2) is 166 Å². The van der Waals surface area contributed by atoms with E-state index in [-0.39, 0.29) is 126 Å². The van der Waals surface area contributed by atoms with Crippen LogP contribution < -0.4 is 21.3 Å². The highest BCUT2D eigenvalue weighted by Gasteiger charge is 2.75. The van der Waals surface area contributed by atoms with Gasteiger partial charge in [-0.15, -0.1) is 0 Å². The van der Waals surface area contributed by atoms with Crippen LogP contribution in [0.1, 0.15) is 270 Å². The van der Waals surface area contributed by atoms with E-state index in [2.05, 4.69) is 192 Å². The van der Waals surface area contributed by atoms with Crippen molar-refractivity contribution in [2.24, 2.45) is 125 Å². The second-order valence-corrected chi connectivity index (χ2v) is 40.7. The van der Waals surface area contributed by atoms with Crippen molar-refractivity contribution in [3.05, 3.63) is 47.6 Å². The minimum Gasteiger partial charge on any atom is -0.481 e. The number of carboxylic acids is 2. The van der Waals surface area contributed by atoms with Gasteiger partial charge in [-0.3, -0.25) is 24.3 Å². The number of carbonyl (C=O) groups excluding carboxylic acids is 2. The Bertz CT molecular complexity index is 3590. The molecule has 6 saturated carbocycles. The zero-order valence-electron chi connectivity index (χ0n) is 71.7. The summed E-state index contributed by atoms with van der Waals surface area (Å²) in [5.74, 6) is 1.68. The first kappa shape index (κ1) is 85.8. The predicted octanol–water partition coefficient (Wildman–Crippen LogP) is 15.1. The number of nitrogens with zero attached hydrogens (tertiary/aromatic N) is 5. The van der Waals surface area contributed by atoms with Gasteiger partial charge in [-0.1, -0.05) is 148 Å². The van der Waals surface area contributed by atoms with Crippen molar-refractivity contribution in [2.45, 2.75) is 291 Å². The highest BCUT2D eigenvalue weighted by molar-refractivity contribution is 5.91. The van der Waals surface area contributed by atoms with Gasteiger partial charge in [0, 0.05) is 51.9 Å². The number of allylic oxidation sites excluding steroid dienone is 2. The van der Waals surface area contributed by atoms with E-state index in [0.717, 1.165) is 83.7 Å². The SMILES string of the molecule is CC(C)NC(=O)c1ncn[nH]1.CN[C@@](C)(CO[C@H]1[C@H](OC)C[C@@]23COC[C@]1(C)[C@@H]2CC[C@H]1C3=CC[C@@]2(C)[C@H](C(=O)O)[C@@](C)([C@H](C)C(C)C)CC[C@]12C)C(C)C.CN[C@@](C)(CO[C@H]1[C@H](n2ncnc2C(=O)NC(C)C)C[C@@]23COC[C@]1(C)[C@@H]2CC[C@H]1C3=CC[C@@]2(C)[C@H](C(=O)O)[C@@](C)([C@H](C)C(C)C)CC[C@]12C)C(C)C. The monoisotopic (exact) mass is 1510 g/mol. The lowest BCUT2D eigenvalue weighted by atomic mass is 9.34. The average molecular weight is 1510 g/mol. The highest BCUT2D eigenvalue weighted by atomic mass is 16.5. The number of ether oxygens (including phenoxy) is 5. The zero-order chi connectivity index (χ0) is 80.0. The number of nitrogens with one attached hydrogen (secondary N) is 5. The quantitative estimate of drug-likeness (QED) is 0.0540. The Labute approximate surface area is 649 Å². The van der Waals surface area contributed by atoms with Crippen LogP contribution in [0.15, 0.2) is 36.0 Å². The van der Waals surface area contributed by atoms with Crippen molar-refractivity contribution >= 4 is 23.8 Å². The summed E-state index contributed by atoms with van der Waals surface area (Å²) in [5, 5.41) is 45.7. The molecule has 0 aromatic carbocycles. The standard InChI is InChI=1S/C43H71N5O5.C38H65NO5.C6H10N4O/c1-25(2)28(7)38(8)18-19-40(10)29-14-15-32-39(9)21-52-23-43(32,30(29)16-17-41(40,11)33(38)37(50)51)20-31(34(39)53-22-42(12,44-13)26(3)4)48-35(45-24-46-48)36(49)47-27(5)6;1-23(2)25(5)33(6)17-18-35(8)26-13-14-29-34(7)20-43-22-38(29,27(26)15-16-36(35,9)30(33)32(40)41)19-28(42-12)31(34)44-21-37(10,39-11)24(3)4;1-4(2)9-6(11)5-7-3-8-10-5/h16,24-29,31-34,44H,14-15,17-23H2,1-13H3,(H,47,49)(H,50,51);15,23-26,28-31,39H,13-14,16-22H2,1-12H3,(H,40,41);3-4H,1-2H3,(H,9,11)(H,7,8,10)/t28-,29+,31-,32+,33-,34+,38-,39-,40-,41+,42+,43+;25-,26+,28-,29+,30-,31+,33-,34-,35-,36+,37+,38+;/m11./s1. The van der Waals surface area contributed by atoms with Crippen LogP contribution in [0, 0.1) is 125 Å². The summed E-state index contributed by atoms with van der Waals surface area (Å²) in [5.41, 5.74) is 0.270. The molecule has 10 aliphatic rings. The number of aromatic nitrogens is 6. The number of amides is 2. The third kappa shape index (κ3) is 13.8. The molecule has 610 valence electrons. The maximum Gasteiger partial charge on any atom is 0.307 e. The summed E-state index contributed by atoms with van der Waals surface area (Å²) < 4.78 is 35.8. The van der Waals surface area contributed by atoms with E-state index >= 15 is 0 Å². The molecule has 2 aromatic rings. The van der Waals surface area contributed by atoms with Crippen molar-refractivity contribution in [3.63, 3.8) is 0 Å². The molecule has 8 fully saturated rings. The van der Waals surface area contributed by atoms with Gasteiger partial charge in [0.25, 0.3) is 11.8 Å². The number of aliphatic carboxylic acids is 2. The van der Waals surface area contributed by atoms with Gasteiger partial charge in [0.05, 0.1) is 75.8 Å². The first-order valence-electron chi connectivity index (χ1n) is 41.8. The van der Waals surface area contributed by atoms with Gasteiger partial charge in [-0.05, 0) is 224 Å². The van der Waals surface area contributed by atoms with Crippen LogP contribution in [0.2, 0.25) is 0 Å². The van der Waals surface area contributed by atoms with Crippen LogP contribution in [-0.2, 0) is 33.3 Å². The molecule has 2 aliphatic heterocycles. The van der Waals surface area contributed by atoms with E-state index in [4.69, 9.17) is 28.8 Å². The smallest absolute Gasteiger partial charge is 0.307 e. The zero-order valence-corrected chi connectivity index (χ0v) is 71.7. The van der Waals surface area contributed by atoms with Crippen molar-refractivity contribution in [2.75, 3.05) is 60.8 Å². The molecule has 2 aromatic heterocycles. The Morgan fingerprint density at radius 2 is 1.02 bits per heavy atom. The number of methoxy groups -OCH3 is 1. The number of fused-ring (bicyclic) bond motifs is 6. The van der Waals surface area contributed by atoms with Gasteiger partial charge >= 0.3 is 11.9 Å². The van der Waals surface area contributed by atoms with E-state index in [1.807, 2.05) is 53.6 Å². The van der Waals surface area contributed by atoms with Crippen molar-refractivity contribution in [1.82, 2.24) is 51.2 Å². The highest BCUT2D eigenvalue weighted by Crippen LogP contribution is 2.78. The lowest BCUT2D eigenvalue weighted by Gasteiger charge is -2.71. The third-order valence-electron chi connectivity index (χ3n) is 33.8. The molecule has 4 heterocycles. The Hall–Kier alpha value is -4.64. The van der Waals surface area contributed by atoms with E-state index in [0.29, 0.717) is 92.1 Å². The minimum atomic E-state index is -0.642. The van der Waals surface area contributed by atoms with Crippen LogP contribution in [0.3, 0.4) is 0 Å². The molecule has 108 heavy (non-hydrogen) atoms. The normalized spacial score (nSPS) is 40.5. The Kier molecular flexibility index (Phi) is 24.6. The fourth-order valence-electron chi connectivity index (χ4n) is 25.4. The largest absolute Gasteiger partial charge is 0.481 e. The predicted molar refractivity (Wildman–Crippen MR) is 423 cm³/mol. The number of carbonyl (C=O) groups is 4. The summed E-state index contributed by atoms with van der Waals surface area (Å²) in [7, 11) is 5.90. The molecular weight excluding hydrogens is 1360 g/mol. The molecule has 2 saturated heterocycles. The van der Waals surface area contributed by atoms with Gasteiger partial charge in [0.2, 0.25) is 11.6 Å². The van der Waals surface area contributed by atoms with Gasteiger partial charge in [0.15, 0.2) is 0 Å². The Balaban J connectivity index is 0.000000204. The molecule has 21 nitrogen and oxygen atoms in total. The molecule has 4 bridgehead atoms. The fourth-order valence-corrected chi connectivity index (χ4v) is 25.4. The third-order valence-corrected chi connectivity index (χ3v) is 33.8. The second kappa shape index (κ2) is 30.9. The summed E-state index contributed by atoms with van der Waals surface area (Å²) in [6, 6.07) is -0.177. The van der Waals surface area contributed by atoms with Gasteiger partial charge in [-0.25, -0.2) is 14.6 Å². The van der Waals surface area contributed by atoms with Crippen LogP contribution in [0.4, 0.5) is 0 Å². The van der Waals surface area contributed by atoms with E-state index in [1.54, 1.807) is 5.57 Å². The van der Waals surface area contributed by atoms with Gasteiger partial charge in [0.1, 0.15) is 12.7 Å². The van der Waals surface area contributed by atoms with Gasteiger partial charge < -0.3 is 55.2 Å². The first-order chi connectivity index (χ1) is 50.3. The maximum atomic E-state index is 13.7. The summed E-state index contributed by atoms with van der Waals surface area (Å²) in [6.07, 6.45) is 19.0. The van der Waals surface area contributed by atoms with E-state index in [1.165, 1.54) is 18.2 Å². The lowest BCUT2D eigenvalue weighted by molar-refractivity contribution is -0.270. The molecule has 24 atom stereocenters. The molecule has 8 aliphatic carbocycles. The van der Waals surface area contributed by atoms with Crippen molar-refractivity contribution in [1.29, 1.82) is 0 Å². The topological polar surface area (TPSA) is 275 Å². The molecule has 12 rings (SSSR count). The van der Waals surface area contributed by atoms with Crippen LogP contribution in [0.5, 0.6) is 0 Å². The van der Waals surface area contributed by atoms with E-state index < -0.39 is 23.3 Å². The fraction of sp³-hybridized carbons (Fsp3) is 0.862. The molecular formula is C87H146N10O11. The first-order valence-corrected chi connectivity index (χ1v) is 41.8. The van der Waals surface area contributed by atoms with E-state index in [9.17, 15) is 29.4 Å². The van der Waals surface area contributed by atoms with Crippen LogP contribution >= 0.6 is 0 Å². The summed E-state index contributed by atoms with van der Waals surface area (Å²) in [6.45, 7) is 57.3. The molecule has 0 unspecified atom stereocenters. The second-order valence-electron chi connectivity index (χ2n) is 40.7. The number of hydrogen-bond donors (Lipinski definition) is 7. The number of aromatic amines is 1. The molecule has 7 N–H and O–H groups in total. The molecule has 21 heteroatoms. The Morgan fingerprint density at radius 3 is 1.42 bits per heavy atom. The number of likely N-dealkylation sites (N-methyl/N-ethyl adjacent to an activating group) is 2. The number of H-pyrrole nitrogens is 1. The van der Waals surface area contributed by atoms with Crippen LogP contribution in [0.25, 0.3) is 0 Å². The molecule has 0 spiro atoms. The molecule has 0 radical (unpaired) electrons. The lowest BCUT2D eigenvalue weighted by Crippen LogP contribution is -2.70. The maximum absolute atomic E-state index is 13.7. The number of hydrogen-bond acceptors (Lipinski definition) is 15. The summed E-state index contributed by atoms with van der Waals surface area (Å²) >= 11 is 0. The molecule has 2 amide bonds. The van der Waals surface area contributed by atoms with Gasteiger partial charge in [-0.2, -0.15) is 10.2 Å². The van der Waals surface area contributed by atoms with Crippen molar-refractivity contribution < 1.29 is 53.1 Å². The number of rotatable bonds is 22. The summed E-state index contributed by atoms with van der Waals surface area (Å²) in [4.78, 5) is 59.9. The minimum absolute atomic E-state index is 0.0116. The van der Waals surface area contributed by atoms with Crippen molar-refractivity contribution in [3.8, 4) is 0 Å². The number of carboxylic acid groups (broad SMARTS) is 2. The Morgan fingerprint density at radius 1 is 0.583 bits per heavy atom.